The summed E-state index contributed by atoms with van der Waals surface area (Å²) < 4.78 is 0. The second kappa shape index (κ2) is 30.8. The number of aryl methyl sites for hydroxylation is 2. The topological polar surface area (TPSA) is 0 Å². The third-order valence-electron chi connectivity index (χ3n) is 8.53. The zero-order valence-electron chi connectivity index (χ0n) is 34.0. The van der Waals surface area contributed by atoms with E-state index >= 15 is 0 Å². The van der Waals surface area contributed by atoms with Crippen LogP contribution in [0.3, 0.4) is 0 Å². The van der Waals surface area contributed by atoms with Crippen molar-refractivity contribution in [1.82, 2.24) is 0 Å². The van der Waals surface area contributed by atoms with Gasteiger partial charge < -0.3 is 13.8 Å². The van der Waals surface area contributed by atoms with Gasteiger partial charge in [-0.2, -0.15) is 97.8 Å². The van der Waals surface area contributed by atoms with Crippen LogP contribution in [0.1, 0.15) is 64.5 Å². The Bertz CT molecular complexity index is 1870. The first-order chi connectivity index (χ1) is 27.6. The van der Waals surface area contributed by atoms with E-state index < -0.39 is 0 Å². The molecule has 0 unspecified atom stereocenters. The standard InChI is InChI=1S/2C17H15.2C6H5.2C4H9.Si.Zr/c2*1-2-13-11-15-9-6-10-16(17(15)12-13)14-7-4-3-5-8-14;2*1-2-4-6-5-3-1;2*1-3-4-2;;/h2*3-12H,2H2,1H3;2*1-5H;2*1,3-4H2,2H3;;/q6*-1;;. The molecule has 0 bridgehead atoms. The first-order valence-electron chi connectivity index (χ1n) is 19.7. The van der Waals surface area contributed by atoms with E-state index in [0.29, 0.717) is 0 Å². The molecule has 8 aromatic carbocycles. The second-order valence-electron chi connectivity index (χ2n) is 12.6. The summed E-state index contributed by atoms with van der Waals surface area (Å²) in [5, 5.41) is 5.44. The van der Waals surface area contributed by atoms with Gasteiger partial charge in [0, 0.05) is 0 Å². The Morgan fingerprint density at radius 1 is 0.464 bits per heavy atom. The van der Waals surface area contributed by atoms with Crippen molar-refractivity contribution in [1.29, 1.82) is 0 Å². The van der Waals surface area contributed by atoms with E-state index in [0.717, 1.165) is 25.7 Å². The van der Waals surface area contributed by atoms with Crippen molar-refractivity contribution >= 4 is 28.4 Å². The van der Waals surface area contributed by atoms with E-state index in [9.17, 15) is 0 Å². The number of fused-ring (bicyclic) bond motifs is 2. The quantitative estimate of drug-likeness (QED) is 0.116. The molecule has 0 saturated heterocycles. The Balaban J connectivity index is 0.000000256. The summed E-state index contributed by atoms with van der Waals surface area (Å²) in [5.74, 6) is 0. The third-order valence-corrected chi connectivity index (χ3v) is 8.53. The molecular weight excluding hydrogens is 768 g/mol. The summed E-state index contributed by atoms with van der Waals surface area (Å²) in [4.78, 5) is 0. The molecule has 2 radical (unpaired) electrons. The molecule has 0 aromatic heterocycles. The van der Waals surface area contributed by atoms with Crippen LogP contribution in [0.15, 0.2) is 182 Å². The molecule has 8 rings (SSSR count). The molecule has 0 saturated carbocycles. The number of unbranched alkanes of at least 4 members (excludes halogenated alkanes) is 2. The third kappa shape index (κ3) is 17.6. The van der Waals surface area contributed by atoms with Gasteiger partial charge in [0.25, 0.3) is 0 Å². The Morgan fingerprint density at radius 2 is 0.786 bits per heavy atom. The molecule has 0 amide bonds. The Morgan fingerprint density at radius 3 is 1.04 bits per heavy atom. The maximum absolute atomic E-state index is 3.60. The second-order valence-corrected chi connectivity index (χ2v) is 12.6. The van der Waals surface area contributed by atoms with Crippen molar-refractivity contribution in [2.24, 2.45) is 0 Å². The van der Waals surface area contributed by atoms with Gasteiger partial charge >= 0.3 is 30.2 Å². The average molecular weight is 826 g/mol. The molecule has 2 heteroatoms. The minimum atomic E-state index is 1.07. The van der Waals surface area contributed by atoms with E-state index in [2.05, 4.69) is 182 Å². The molecule has 0 aliphatic rings. The maximum atomic E-state index is 3.60. The van der Waals surface area contributed by atoms with Crippen LogP contribution in [0.2, 0.25) is 0 Å². The molecule has 0 aliphatic carbocycles. The van der Waals surface area contributed by atoms with E-state index in [-0.39, 0.29) is 0 Å². The van der Waals surface area contributed by atoms with Gasteiger partial charge in [0.1, 0.15) is 0 Å². The monoisotopic (exact) mass is 824 g/mol. The summed E-state index contributed by atoms with van der Waals surface area (Å²) in [7, 11) is 0. The Hall–Kier alpha value is -4.36. The van der Waals surface area contributed by atoms with Gasteiger partial charge in [-0.25, -0.2) is 0 Å². The van der Waals surface area contributed by atoms with Crippen LogP contribution in [-0.2, 0) is 36.2 Å². The molecule has 288 valence electrons. The number of rotatable bonds is 6. The van der Waals surface area contributed by atoms with Crippen LogP contribution in [0, 0.1) is 26.0 Å². The molecule has 0 spiro atoms. The molecule has 0 nitrogen and oxygen atoms in total. The molecular formula is C54H58SiZr-6. The normalized spacial score (nSPS) is 9.45. The van der Waals surface area contributed by atoms with Gasteiger partial charge in [-0.05, 0) is 24.0 Å². The van der Waals surface area contributed by atoms with Gasteiger partial charge in [-0.1, -0.05) is 124 Å². The zero-order valence-corrected chi connectivity index (χ0v) is 37.4. The maximum Gasteiger partial charge on any atom is -0.171 e. The number of benzene rings is 6. The van der Waals surface area contributed by atoms with Crippen molar-refractivity contribution < 1.29 is 23.3 Å². The summed E-state index contributed by atoms with van der Waals surface area (Å²) in [5.41, 5.74) is 8.11. The van der Waals surface area contributed by atoms with Crippen LogP contribution in [0.5, 0.6) is 0 Å². The van der Waals surface area contributed by atoms with Gasteiger partial charge in [0.15, 0.2) is 0 Å². The predicted octanol–water partition coefficient (Wildman–Crippen LogP) is 15.4. The summed E-state index contributed by atoms with van der Waals surface area (Å²) >= 11 is 1.36. The zero-order chi connectivity index (χ0) is 40.6. The summed E-state index contributed by atoms with van der Waals surface area (Å²) in [6.45, 7) is 18.9. The van der Waals surface area contributed by atoms with Crippen LogP contribution >= 0.6 is 0 Å². The largest absolute Gasteiger partial charge is 0.184 e. The number of hydrogen-bond acceptors (Lipinski definition) is 0. The average Bonchev–Trinajstić information content (AvgIpc) is 3.94. The molecule has 56 heavy (non-hydrogen) atoms. The first-order valence-corrected chi connectivity index (χ1v) is 23.9. The van der Waals surface area contributed by atoms with Crippen molar-refractivity contribution in [2.75, 3.05) is 0 Å². The van der Waals surface area contributed by atoms with E-state index in [1.54, 1.807) is 0 Å². The minimum Gasteiger partial charge on any atom is -0.184 e. The number of hydrogen-bond donors (Lipinski definition) is 0. The van der Waals surface area contributed by atoms with Crippen molar-refractivity contribution in [3.05, 3.63) is 219 Å². The molecule has 0 fully saturated rings. The van der Waals surface area contributed by atoms with Gasteiger partial charge in [0.05, 0.1) is 0 Å². The minimum absolute atomic E-state index is 1.07. The van der Waals surface area contributed by atoms with E-state index in [1.807, 2.05) is 60.7 Å². The molecule has 0 N–H and O–H groups in total. The molecule has 0 heterocycles. The predicted molar refractivity (Wildman–Crippen MR) is 246 cm³/mol. The smallest absolute Gasteiger partial charge is 0.171 e. The van der Waals surface area contributed by atoms with Crippen molar-refractivity contribution in [2.45, 2.75) is 66.2 Å². The van der Waals surface area contributed by atoms with Crippen LogP contribution in [-0.4, -0.2) is 6.88 Å². The Labute approximate surface area is 357 Å². The SMILES string of the molecule is CCc1cc2c(-c3ccccc3)cccc2[cH-]1.CCc1cc2c(-c3ccccc3)cccc2[cH-]1.[CH2-]CCC.[CH2-]CCC.[Si]=[Zr].[c-]1ccccc1.[c-]1ccccc1. The molecule has 0 atom stereocenters. The van der Waals surface area contributed by atoms with Crippen LogP contribution in [0.25, 0.3) is 43.8 Å². The fourth-order valence-corrected chi connectivity index (χ4v) is 5.42. The fourth-order valence-electron chi connectivity index (χ4n) is 5.42. The van der Waals surface area contributed by atoms with Crippen LogP contribution < -0.4 is 0 Å². The Kier molecular flexibility index (Phi) is 26.3. The summed E-state index contributed by atoms with van der Waals surface area (Å²) in [6.07, 6.45) is 6.76. The fraction of sp³-hybridized carbons (Fsp3) is 0.185. The molecule has 8 aromatic rings. The van der Waals surface area contributed by atoms with Gasteiger partial charge in [0.2, 0.25) is 0 Å². The van der Waals surface area contributed by atoms with Gasteiger partial charge in [-0.3, -0.25) is 0 Å². The van der Waals surface area contributed by atoms with E-state index in [4.69, 9.17) is 0 Å². The van der Waals surface area contributed by atoms with Crippen LogP contribution in [0.4, 0.5) is 0 Å². The van der Waals surface area contributed by atoms with E-state index in [1.165, 1.54) is 91.1 Å². The first kappa shape index (κ1) is 47.8. The van der Waals surface area contributed by atoms with Gasteiger partial charge in [-0.15, -0.1) is 69.1 Å². The molecule has 0 aliphatic heterocycles. The van der Waals surface area contributed by atoms with Crippen molar-refractivity contribution in [3.8, 4) is 22.3 Å². The summed E-state index contributed by atoms with van der Waals surface area (Å²) in [6, 6.07) is 68.5. The van der Waals surface area contributed by atoms with Crippen molar-refractivity contribution in [3.63, 3.8) is 0 Å².